The van der Waals surface area contributed by atoms with Crippen molar-refractivity contribution in [1.29, 1.82) is 0 Å². The van der Waals surface area contributed by atoms with Gasteiger partial charge in [-0.2, -0.15) is 0 Å². The Hall–Kier alpha value is -2.57. The van der Waals surface area contributed by atoms with Gasteiger partial charge < -0.3 is 19.4 Å². The van der Waals surface area contributed by atoms with Crippen LogP contribution in [0.5, 0.6) is 0 Å². The van der Waals surface area contributed by atoms with Crippen LogP contribution in [0.3, 0.4) is 0 Å². The van der Waals surface area contributed by atoms with Crippen LogP contribution in [0.4, 0.5) is 11.4 Å². The van der Waals surface area contributed by atoms with E-state index in [0.29, 0.717) is 23.4 Å². The predicted molar refractivity (Wildman–Crippen MR) is 120 cm³/mol. The molecule has 4 rings (SSSR count). The molecule has 1 aliphatic carbocycles. The lowest BCUT2D eigenvalue weighted by Gasteiger charge is -2.31. The summed E-state index contributed by atoms with van der Waals surface area (Å²) in [4.78, 5) is 39.7. The number of rotatable bonds is 5. The minimum atomic E-state index is -0.561. The summed E-state index contributed by atoms with van der Waals surface area (Å²) in [7, 11) is 3.24. The molecule has 1 aromatic carbocycles. The molecule has 30 heavy (non-hydrogen) atoms. The van der Waals surface area contributed by atoms with Gasteiger partial charge in [0.1, 0.15) is 0 Å². The highest BCUT2D eigenvalue weighted by molar-refractivity contribution is 5.98. The Morgan fingerprint density at radius 3 is 2.17 bits per heavy atom. The van der Waals surface area contributed by atoms with Crippen LogP contribution in [0, 0.1) is 5.92 Å². The highest BCUT2D eigenvalue weighted by Crippen LogP contribution is 2.33. The summed E-state index contributed by atoms with van der Waals surface area (Å²) in [5.74, 6) is 0.693. The molecule has 0 unspecified atom stereocenters. The third-order valence-electron chi connectivity index (χ3n) is 6.83. The van der Waals surface area contributed by atoms with Gasteiger partial charge in [-0.3, -0.25) is 14.4 Å². The molecule has 7 heteroatoms. The average molecular weight is 413 g/mol. The summed E-state index contributed by atoms with van der Waals surface area (Å²) in [6.07, 6.45) is 9.92. The molecular weight excluding hydrogens is 380 g/mol. The quantitative estimate of drug-likeness (QED) is 0.766. The van der Waals surface area contributed by atoms with Gasteiger partial charge in [-0.05, 0) is 43.7 Å². The molecule has 0 radical (unpaired) electrons. The van der Waals surface area contributed by atoms with E-state index in [1.807, 2.05) is 12.1 Å². The molecule has 1 aromatic heterocycles. The summed E-state index contributed by atoms with van der Waals surface area (Å²) < 4.78 is 2.79. The summed E-state index contributed by atoms with van der Waals surface area (Å²) in [5.41, 5.74) is 1.91. The van der Waals surface area contributed by atoms with Gasteiger partial charge in [-0.15, -0.1) is 0 Å². The summed E-state index contributed by atoms with van der Waals surface area (Å²) >= 11 is 0. The third kappa shape index (κ3) is 4.02. The van der Waals surface area contributed by atoms with Crippen LogP contribution in [0.25, 0.3) is 11.0 Å². The van der Waals surface area contributed by atoms with E-state index in [1.54, 1.807) is 14.1 Å². The van der Waals surface area contributed by atoms with Crippen LogP contribution in [0.15, 0.2) is 21.7 Å². The van der Waals surface area contributed by atoms with Crippen LogP contribution in [-0.4, -0.2) is 28.1 Å². The number of nitrogens with one attached hydrogen (secondary N) is 1. The molecule has 2 heterocycles. The molecule has 0 spiro atoms. The number of amides is 1. The number of aryl methyl sites for hydroxylation is 2. The first-order chi connectivity index (χ1) is 14.5. The van der Waals surface area contributed by atoms with E-state index >= 15 is 0 Å². The fourth-order valence-corrected chi connectivity index (χ4v) is 4.95. The zero-order chi connectivity index (χ0) is 21.3. The molecule has 0 atom stereocenters. The standard InChI is InChI=1S/C23H32N4O3/c1-25-19-14-17(24-21(28)11-10-16-8-4-5-9-16)18(27-12-6-3-7-13-27)15-20(19)26(2)23(30)22(25)29/h14-16H,3-13H2,1-2H3,(H,24,28). The van der Waals surface area contributed by atoms with Crippen LogP contribution in [-0.2, 0) is 18.9 Å². The summed E-state index contributed by atoms with van der Waals surface area (Å²) in [6.45, 7) is 1.85. The number of hydrogen-bond donors (Lipinski definition) is 1. The van der Waals surface area contributed by atoms with E-state index in [9.17, 15) is 14.4 Å². The second-order valence-corrected chi connectivity index (χ2v) is 8.87. The van der Waals surface area contributed by atoms with Gasteiger partial charge in [-0.1, -0.05) is 25.7 Å². The lowest BCUT2D eigenvalue weighted by Crippen LogP contribution is -2.39. The first kappa shape index (κ1) is 20.7. The summed E-state index contributed by atoms with van der Waals surface area (Å²) in [6, 6.07) is 3.81. The van der Waals surface area contributed by atoms with E-state index in [2.05, 4.69) is 10.2 Å². The van der Waals surface area contributed by atoms with Crippen molar-refractivity contribution in [3.63, 3.8) is 0 Å². The normalized spacial score (nSPS) is 17.6. The number of carbonyl (C=O) groups excluding carboxylic acids is 1. The predicted octanol–water partition coefficient (Wildman–Crippen LogP) is 3.14. The number of nitrogens with zero attached hydrogens (tertiary/aromatic N) is 3. The second-order valence-electron chi connectivity index (χ2n) is 8.87. The van der Waals surface area contributed by atoms with E-state index in [1.165, 1.54) is 41.2 Å². The molecule has 2 aliphatic rings. The minimum Gasteiger partial charge on any atom is -0.370 e. The van der Waals surface area contributed by atoms with Crippen molar-refractivity contribution in [2.45, 2.75) is 57.8 Å². The zero-order valence-corrected chi connectivity index (χ0v) is 18.1. The Morgan fingerprint density at radius 1 is 0.933 bits per heavy atom. The number of benzene rings is 1. The first-order valence-corrected chi connectivity index (χ1v) is 11.2. The molecular formula is C23H32N4O3. The molecule has 1 amide bonds. The van der Waals surface area contributed by atoms with Crippen LogP contribution in [0.2, 0.25) is 0 Å². The van der Waals surface area contributed by atoms with Gasteiger partial charge in [0, 0.05) is 33.6 Å². The Morgan fingerprint density at radius 2 is 1.53 bits per heavy atom. The molecule has 1 N–H and O–H groups in total. The maximum atomic E-state index is 12.8. The molecule has 2 aromatic rings. The average Bonchev–Trinajstić information content (AvgIpc) is 3.29. The number of carbonyl (C=O) groups is 1. The van der Waals surface area contributed by atoms with E-state index in [-0.39, 0.29) is 5.91 Å². The number of anilines is 2. The topological polar surface area (TPSA) is 76.3 Å². The fourth-order valence-electron chi connectivity index (χ4n) is 4.95. The van der Waals surface area contributed by atoms with Crippen molar-refractivity contribution in [3.8, 4) is 0 Å². The van der Waals surface area contributed by atoms with Crippen molar-refractivity contribution in [2.24, 2.45) is 20.0 Å². The Balaban J connectivity index is 1.70. The fraction of sp³-hybridized carbons (Fsp3) is 0.609. The van der Waals surface area contributed by atoms with Gasteiger partial charge >= 0.3 is 11.1 Å². The molecule has 162 valence electrons. The van der Waals surface area contributed by atoms with Crippen molar-refractivity contribution in [3.05, 3.63) is 32.8 Å². The zero-order valence-electron chi connectivity index (χ0n) is 18.1. The second kappa shape index (κ2) is 8.66. The van der Waals surface area contributed by atoms with Crippen molar-refractivity contribution in [1.82, 2.24) is 9.13 Å². The van der Waals surface area contributed by atoms with Crippen molar-refractivity contribution < 1.29 is 4.79 Å². The third-order valence-corrected chi connectivity index (χ3v) is 6.83. The Labute approximate surface area is 176 Å². The first-order valence-electron chi connectivity index (χ1n) is 11.2. The number of piperidine rings is 1. The number of aromatic nitrogens is 2. The van der Waals surface area contributed by atoms with Gasteiger partial charge in [0.05, 0.1) is 22.4 Å². The molecule has 1 saturated heterocycles. The molecule has 2 fully saturated rings. The lowest BCUT2D eigenvalue weighted by atomic mass is 10.0. The van der Waals surface area contributed by atoms with E-state index < -0.39 is 11.1 Å². The van der Waals surface area contributed by atoms with Crippen molar-refractivity contribution in [2.75, 3.05) is 23.3 Å². The lowest BCUT2D eigenvalue weighted by molar-refractivity contribution is -0.116. The van der Waals surface area contributed by atoms with Crippen LogP contribution >= 0.6 is 0 Å². The van der Waals surface area contributed by atoms with Crippen molar-refractivity contribution >= 4 is 28.3 Å². The highest BCUT2D eigenvalue weighted by atomic mass is 16.2. The van der Waals surface area contributed by atoms with Gasteiger partial charge in [0.2, 0.25) is 5.91 Å². The maximum absolute atomic E-state index is 12.8. The SMILES string of the molecule is Cn1c(=O)c(=O)n(C)c2cc(N3CCCCC3)c(NC(=O)CCC3CCCC3)cc21. The van der Waals surface area contributed by atoms with Gasteiger partial charge in [0.15, 0.2) is 0 Å². The molecule has 7 nitrogen and oxygen atoms in total. The number of hydrogen-bond acceptors (Lipinski definition) is 4. The van der Waals surface area contributed by atoms with E-state index in [4.69, 9.17) is 0 Å². The molecule has 1 saturated carbocycles. The number of fused-ring (bicyclic) bond motifs is 1. The Kier molecular flexibility index (Phi) is 5.97. The minimum absolute atomic E-state index is 0.0225. The van der Waals surface area contributed by atoms with Crippen LogP contribution in [0.1, 0.15) is 57.8 Å². The van der Waals surface area contributed by atoms with E-state index in [0.717, 1.165) is 43.7 Å². The maximum Gasteiger partial charge on any atom is 0.316 e. The monoisotopic (exact) mass is 412 g/mol. The van der Waals surface area contributed by atoms with Gasteiger partial charge in [-0.25, -0.2) is 0 Å². The van der Waals surface area contributed by atoms with Crippen LogP contribution < -0.4 is 21.3 Å². The summed E-state index contributed by atoms with van der Waals surface area (Å²) in [5, 5.41) is 3.12. The van der Waals surface area contributed by atoms with Gasteiger partial charge in [0.25, 0.3) is 0 Å². The Bertz CT molecular complexity index is 1060. The highest BCUT2D eigenvalue weighted by Gasteiger charge is 2.21. The smallest absolute Gasteiger partial charge is 0.316 e. The largest absolute Gasteiger partial charge is 0.370 e. The molecule has 1 aliphatic heterocycles. The molecule has 0 bridgehead atoms.